The van der Waals surface area contributed by atoms with E-state index in [2.05, 4.69) is 4.99 Å². The van der Waals surface area contributed by atoms with Gasteiger partial charge in [-0.05, 0) is 24.5 Å². The fraction of sp³-hybridized carbons (Fsp3) is 0.588. The summed E-state index contributed by atoms with van der Waals surface area (Å²) in [7, 11) is 0. The molecule has 1 aromatic carbocycles. The molecule has 3 rings (SSSR count). The number of hydrogen-bond acceptors (Lipinski definition) is 2. The maximum absolute atomic E-state index is 13.0. The minimum atomic E-state index is -4.32. The van der Waals surface area contributed by atoms with Gasteiger partial charge in [0.05, 0.1) is 25.3 Å². The Balaban J connectivity index is 0.00000225. The van der Waals surface area contributed by atoms with Gasteiger partial charge in [0.15, 0.2) is 5.96 Å². The molecule has 1 aromatic rings. The summed E-state index contributed by atoms with van der Waals surface area (Å²) in [5.41, 5.74) is 5.84. The third kappa shape index (κ3) is 4.58. The highest BCUT2D eigenvalue weighted by molar-refractivity contribution is 14.0. The van der Waals surface area contributed by atoms with E-state index < -0.39 is 11.7 Å². The van der Waals surface area contributed by atoms with Crippen LogP contribution in [0.4, 0.5) is 13.2 Å². The smallest absolute Gasteiger partial charge is 0.378 e. The van der Waals surface area contributed by atoms with Crippen LogP contribution in [0, 0.1) is 0 Å². The van der Waals surface area contributed by atoms with Crippen molar-refractivity contribution in [3.63, 3.8) is 0 Å². The van der Waals surface area contributed by atoms with Crippen LogP contribution in [0.5, 0.6) is 0 Å². The molecule has 0 bridgehead atoms. The number of aliphatic imine (C=N–C) groups is 1. The molecule has 1 aliphatic heterocycles. The van der Waals surface area contributed by atoms with Gasteiger partial charge < -0.3 is 15.4 Å². The summed E-state index contributed by atoms with van der Waals surface area (Å²) in [5.74, 6) is 0.455. The maximum atomic E-state index is 13.0. The van der Waals surface area contributed by atoms with Gasteiger partial charge in [-0.1, -0.05) is 24.6 Å². The lowest BCUT2D eigenvalue weighted by atomic mass is 9.64. The molecule has 2 N–H and O–H groups in total. The number of benzene rings is 1. The van der Waals surface area contributed by atoms with Crippen LogP contribution in [0.25, 0.3) is 0 Å². The van der Waals surface area contributed by atoms with Crippen molar-refractivity contribution in [2.24, 2.45) is 10.7 Å². The zero-order valence-electron chi connectivity index (χ0n) is 13.9. The monoisotopic (exact) mass is 469 g/mol. The molecular weight excluding hydrogens is 446 g/mol. The molecule has 2 fully saturated rings. The Hall–Kier alpha value is -1.03. The molecule has 2 aliphatic rings. The van der Waals surface area contributed by atoms with Gasteiger partial charge >= 0.3 is 6.18 Å². The molecule has 1 saturated carbocycles. The van der Waals surface area contributed by atoms with Gasteiger partial charge in [0, 0.05) is 18.5 Å². The topological polar surface area (TPSA) is 50.8 Å². The molecule has 140 valence electrons. The average molecular weight is 469 g/mol. The minimum Gasteiger partial charge on any atom is -0.378 e. The van der Waals surface area contributed by atoms with Gasteiger partial charge in [-0.25, -0.2) is 0 Å². The van der Waals surface area contributed by atoms with E-state index in [9.17, 15) is 13.2 Å². The van der Waals surface area contributed by atoms with Gasteiger partial charge in [0.25, 0.3) is 0 Å². The summed E-state index contributed by atoms with van der Waals surface area (Å²) in [5, 5.41) is 0. The summed E-state index contributed by atoms with van der Waals surface area (Å²) in [6.45, 7) is 3.07. The Morgan fingerprint density at radius 2 is 1.92 bits per heavy atom. The second-order valence-electron chi connectivity index (χ2n) is 6.49. The van der Waals surface area contributed by atoms with Crippen molar-refractivity contribution in [2.75, 3.05) is 32.8 Å². The number of guanidine groups is 1. The summed E-state index contributed by atoms with van der Waals surface area (Å²) in [6.07, 6.45) is -1.64. The molecule has 25 heavy (non-hydrogen) atoms. The normalized spacial score (nSPS) is 20.6. The van der Waals surface area contributed by atoms with Crippen molar-refractivity contribution in [1.82, 2.24) is 4.90 Å². The SMILES string of the molecule is I.NC(=NCC1(c2cccc(C(F)(F)F)c2)CCC1)N1CCOCC1. The van der Waals surface area contributed by atoms with Crippen LogP contribution in [0.2, 0.25) is 0 Å². The van der Waals surface area contributed by atoms with Crippen LogP contribution >= 0.6 is 24.0 Å². The summed E-state index contributed by atoms with van der Waals surface area (Å²) in [6, 6.07) is 5.63. The van der Waals surface area contributed by atoms with Crippen LogP contribution in [0.15, 0.2) is 29.3 Å². The number of alkyl halides is 3. The largest absolute Gasteiger partial charge is 0.416 e. The molecule has 0 aromatic heterocycles. The van der Waals surface area contributed by atoms with Crippen LogP contribution in [0.1, 0.15) is 30.4 Å². The maximum Gasteiger partial charge on any atom is 0.416 e. The number of hydrogen-bond donors (Lipinski definition) is 1. The van der Waals surface area contributed by atoms with Crippen molar-refractivity contribution in [1.29, 1.82) is 0 Å². The van der Waals surface area contributed by atoms with Crippen LogP contribution < -0.4 is 5.73 Å². The molecule has 1 heterocycles. The van der Waals surface area contributed by atoms with E-state index in [1.54, 1.807) is 6.07 Å². The second-order valence-corrected chi connectivity index (χ2v) is 6.49. The number of nitrogens with two attached hydrogens (primary N) is 1. The van der Waals surface area contributed by atoms with E-state index in [0.29, 0.717) is 44.4 Å². The zero-order chi connectivity index (χ0) is 17.2. The van der Waals surface area contributed by atoms with Gasteiger partial charge in [-0.2, -0.15) is 13.2 Å². The van der Waals surface area contributed by atoms with E-state index in [4.69, 9.17) is 10.5 Å². The Morgan fingerprint density at radius 3 is 2.48 bits per heavy atom. The van der Waals surface area contributed by atoms with Crippen molar-refractivity contribution in [2.45, 2.75) is 30.9 Å². The number of ether oxygens (including phenoxy) is 1. The third-order valence-corrected chi connectivity index (χ3v) is 4.99. The Morgan fingerprint density at radius 1 is 1.24 bits per heavy atom. The first-order chi connectivity index (χ1) is 11.4. The lowest BCUT2D eigenvalue weighted by molar-refractivity contribution is -0.137. The summed E-state index contributed by atoms with van der Waals surface area (Å²) < 4.78 is 44.2. The average Bonchev–Trinajstić information content (AvgIpc) is 2.54. The van der Waals surface area contributed by atoms with Crippen molar-refractivity contribution in [3.8, 4) is 0 Å². The van der Waals surface area contributed by atoms with Crippen molar-refractivity contribution < 1.29 is 17.9 Å². The Bertz CT molecular complexity index is 611. The molecule has 4 nitrogen and oxygen atoms in total. The number of rotatable bonds is 3. The van der Waals surface area contributed by atoms with Crippen molar-refractivity contribution >= 4 is 29.9 Å². The molecule has 0 spiro atoms. The molecular formula is C17H23F3IN3O. The number of nitrogens with zero attached hydrogens (tertiary/aromatic N) is 2. The van der Waals surface area contributed by atoms with E-state index in [1.165, 1.54) is 12.1 Å². The first kappa shape index (κ1) is 20.3. The third-order valence-electron chi connectivity index (χ3n) is 4.99. The molecule has 0 radical (unpaired) electrons. The molecule has 1 saturated heterocycles. The Labute approximate surface area is 162 Å². The first-order valence-electron chi connectivity index (χ1n) is 8.21. The van der Waals surface area contributed by atoms with E-state index in [1.807, 2.05) is 4.90 Å². The second kappa shape index (κ2) is 8.11. The summed E-state index contributed by atoms with van der Waals surface area (Å²) in [4.78, 5) is 6.45. The van der Waals surface area contributed by atoms with E-state index >= 15 is 0 Å². The van der Waals surface area contributed by atoms with Crippen LogP contribution in [-0.2, 0) is 16.3 Å². The van der Waals surface area contributed by atoms with E-state index in [-0.39, 0.29) is 29.4 Å². The van der Waals surface area contributed by atoms with Gasteiger partial charge in [0.2, 0.25) is 0 Å². The van der Waals surface area contributed by atoms with Crippen LogP contribution in [0.3, 0.4) is 0 Å². The molecule has 0 amide bonds. The predicted octanol–water partition coefficient (Wildman–Crippen LogP) is 3.39. The lowest BCUT2D eigenvalue weighted by Gasteiger charge is -2.42. The fourth-order valence-electron chi connectivity index (χ4n) is 3.29. The van der Waals surface area contributed by atoms with Gasteiger partial charge in [-0.15, -0.1) is 24.0 Å². The highest BCUT2D eigenvalue weighted by Gasteiger charge is 2.40. The quantitative estimate of drug-likeness (QED) is 0.420. The van der Waals surface area contributed by atoms with Crippen molar-refractivity contribution in [3.05, 3.63) is 35.4 Å². The molecule has 1 aliphatic carbocycles. The molecule has 0 unspecified atom stereocenters. The molecule has 8 heteroatoms. The van der Waals surface area contributed by atoms with Crippen LogP contribution in [-0.4, -0.2) is 43.7 Å². The first-order valence-corrected chi connectivity index (χ1v) is 8.21. The lowest BCUT2D eigenvalue weighted by Crippen LogP contribution is -2.46. The molecule has 0 atom stereocenters. The number of halogens is 4. The predicted molar refractivity (Wildman–Crippen MR) is 101 cm³/mol. The minimum absolute atomic E-state index is 0. The summed E-state index contributed by atoms with van der Waals surface area (Å²) >= 11 is 0. The highest BCUT2D eigenvalue weighted by Crippen LogP contribution is 2.45. The van der Waals surface area contributed by atoms with Gasteiger partial charge in [-0.3, -0.25) is 4.99 Å². The highest BCUT2D eigenvalue weighted by atomic mass is 127. The zero-order valence-corrected chi connectivity index (χ0v) is 16.2. The Kier molecular flexibility index (Phi) is 6.58. The standard InChI is InChI=1S/C17H22F3N3O.HI/c18-17(19,20)14-4-1-3-13(11-14)16(5-2-6-16)12-22-15(21)23-7-9-24-10-8-23;/h1,3-4,11H,2,5-10,12H2,(H2,21,22);1H. The number of morpholine rings is 1. The fourth-order valence-corrected chi connectivity index (χ4v) is 3.29. The van der Waals surface area contributed by atoms with Gasteiger partial charge in [0.1, 0.15) is 0 Å². The van der Waals surface area contributed by atoms with E-state index in [0.717, 1.165) is 25.3 Å².